The molecule has 0 amide bonds. The number of esters is 1. The van der Waals surface area contributed by atoms with Gasteiger partial charge in [0.05, 0.1) is 29.0 Å². The lowest BCUT2D eigenvalue weighted by molar-refractivity contribution is -0.136. The van der Waals surface area contributed by atoms with Crippen LogP contribution in [0.15, 0.2) is 93.9 Å². The maximum atomic E-state index is 13.9. The second-order valence-electron chi connectivity index (χ2n) is 8.76. The number of para-hydroxylation sites is 1. The summed E-state index contributed by atoms with van der Waals surface area (Å²) in [5, 5.41) is 1.07. The highest BCUT2D eigenvalue weighted by atomic mass is 35.5. The molecular formula is C30H24Cl2N2O4S. The van der Waals surface area contributed by atoms with Crippen LogP contribution in [0.1, 0.15) is 36.1 Å². The third kappa shape index (κ3) is 5.43. The molecule has 6 nitrogen and oxygen atoms in total. The summed E-state index contributed by atoms with van der Waals surface area (Å²) in [6.07, 6.45) is 2.31. The number of rotatable bonds is 7. The van der Waals surface area contributed by atoms with Gasteiger partial charge in [-0.15, -0.1) is 0 Å². The Morgan fingerprint density at radius 2 is 1.82 bits per heavy atom. The van der Waals surface area contributed by atoms with E-state index in [1.165, 1.54) is 18.4 Å². The minimum absolute atomic E-state index is 0.235. The normalized spacial score (nSPS) is 15.1. The Morgan fingerprint density at radius 1 is 1.08 bits per heavy atom. The SMILES string of the molecule is CCC1=C(C(=O)OC)[C@H](c2ccccc2)n2c(s/c(=C/c3ccccc3OCc3ccc(Cl)cc3Cl)c2=O)=N1. The number of fused-ring (bicyclic) bond motifs is 1. The first-order chi connectivity index (χ1) is 18.9. The van der Waals surface area contributed by atoms with Crippen molar-refractivity contribution in [3.8, 4) is 5.75 Å². The van der Waals surface area contributed by atoms with Crippen molar-refractivity contribution in [3.63, 3.8) is 0 Å². The van der Waals surface area contributed by atoms with Gasteiger partial charge in [-0.1, -0.05) is 96.1 Å². The van der Waals surface area contributed by atoms with E-state index in [1.54, 1.807) is 22.8 Å². The van der Waals surface area contributed by atoms with Gasteiger partial charge >= 0.3 is 5.97 Å². The van der Waals surface area contributed by atoms with Crippen molar-refractivity contribution in [2.75, 3.05) is 7.11 Å². The first-order valence-corrected chi connectivity index (χ1v) is 13.8. The smallest absolute Gasteiger partial charge is 0.338 e. The summed E-state index contributed by atoms with van der Waals surface area (Å²) >= 11 is 13.6. The van der Waals surface area contributed by atoms with E-state index in [9.17, 15) is 9.59 Å². The van der Waals surface area contributed by atoms with Crippen LogP contribution in [-0.2, 0) is 16.1 Å². The standard InChI is InChI=1S/C30H24Cl2N2O4S/c1-3-23-26(29(36)37-2)27(18-9-5-4-6-10-18)34-28(35)25(39-30(34)33-23)15-19-11-7-8-12-24(19)38-17-20-13-14-21(31)16-22(20)32/h4-16,27H,3,17H2,1-2H3/b25-15+/t27-/m0/s1. The van der Waals surface area contributed by atoms with Crippen molar-refractivity contribution in [2.24, 2.45) is 4.99 Å². The number of carbonyl (C=O) groups is 1. The van der Waals surface area contributed by atoms with Gasteiger partial charge < -0.3 is 9.47 Å². The second-order valence-corrected chi connectivity index (χ2v) is 10.6. The number of aromatic nitrogens is 1. The summed E-state index contributed by atoms with van der Waals surface area (Å²) in [7, 11) is 1.34. The molecule has 0 N–H and O–H groups in total. The van der Waals surface area contributed by atoms with Gasteiger partial charge in [-0.05, 0) is 36.3 Å². The number of hydrogen-bond donors (Lipinski definition) is 0. The minimum atomic E-state index is -0.648. The molecule has 1 aromatic heterocycles. The highest BCUT2D eigenvalue weighted by Gasteiger charge is 2.33. The number of benzene rings is 3. The molecule has 0 saturated heterocycles. The van der Waals surface area contributed by atoms with Crippen molar-refractivity contribution in [1.82, 2.24) is 4.57 Å². The molecule has 4 aromatic rings. The van der Waals surface area contributed by atoms with Gasteiger partial charge in [-0.3, -0.25) is 9.36 Å². The Hall–Kier alpha value is -3.65. The third-order valence-electron chi connectivity index (χ3n) is 6.37. The van der Waals surface area contributed by atoms with Crippen molar-refractivity contribution >= 4 is 46.6 Å². The largest absolute Gasteiger partial charge is 0.488 e. The average Bonchev–Trinajstić information content (AvgIpc) is 3.26. The van der Waals surface area contributed by atoms with Crippen LogP contribution in [0.2, 0.25) is 10.0 Å². The molecule has 0 aliphatic carbocycles. The first-order valence-electron chi connectivity index (χ1n) is 12.2. The number of methoxy groups -OCH3 is 1. The van der Waals surface area contributed by atoms with Crippen molar-refractivity contribution in [2.45, 2.75) is 26.0 Å². The highest BCUT2D eigenvalue weighted by molar-refractivity contribution is 7.07. The zero-order chi connectivity index (χ0) is 27.5. The van der Waals surface area contributed by atoms with Crippen LogP contribution in [0.4, 0.5) is 0 Å². The molecule has 5 rings (SSSR count). The number of halogens is 2. The van der Waals surface area contributed by atoms with E-state index in [0.717, 1.165) is 16.7 Å². The number of hydrogen-bond acceptors (Lipinski definition) is 6. The Kier molecular flexibility index (Phi) is 8.02. The Morgan fingerprint density at radius 3 is 2.54 bits per heavy atom. The zero-order valence-corrected chi connectivity index (χ0v) is 23.5. The molecule has 0 radical (unpaired) electrons. The fourth-order valence-electron chi connectivity index (χ4n) is 4.48. The molecule has 3 aromatic carbocycles. The van der Waals surface area contributed by atoms with E-state index in [0.29, 0.717) is 42.8 Å². The van der Waals surface area contributed by atoms with E-state index in [-0.39, 0.29) is 12.2 Å². The highest BCUT2D eigenvalue weighted by Crippen LogP contribution is 2.32. The predicted molar refractivity (Wildman–Crippen MR) is 154 cm³/mol. The van der Waals surface area contributed by atoms with Crippen molar-refractivity contribution in [3.05, 3.63) is 130 Å². The molecule has 0 fully saturated rings. The van der Waals surface area contributed by atoms with E-state index in [4.69, 9.17) is 37.7 Å². The molecule has 39 heavy (non-hydrogen) atoms. The molecule has 0 unspecified atom stereocenters. The Balaban J connectivity index is 1.60. The fourth-order valence-corrected chi connectivity index (χ4v) is 5.96. The van der Waals surface area contributed by atoms with Gasteiger partial charge in [0, 0.05) is 21.2 Å². The summed E-state index contributed by atoms with van der Waals surface area (Å²) in [5.41, 5.74) is 3.04. The lowest BCUT2D eigenvalue weighted by Crippen LogP contribution is -2.40. The third-order valence-corrected chi connectivity index (χ3v) is 7.94. The van der Waals surface area contributed by atoms with Crippen LogP contribution in [0.25, 0.3) is 6.08 Å². The maximum Gasteiger partial charge on any atom is 0.338 e. The molecule has 0 saturated carbocycles. The van der Waals surface area contributed by atoms with E-state index in [2.05, 4.69) is 0 Å². The Labute approximate surface area is 239 Å². The van der Waals surface area contributed by atoms with E-state index < -0.39 is 12.0 Å². The maximum absolute atomic E-state index is 13.9. The lowest BCUT2D eigenvalue weighted by atomic mass is 9.95. The quantitative estimate of drug-likeness (QED) is 0.264. The van der Waals surface area contributed by atoms with Gasteiger partial charge in [-0.2, -0.15) is 0 Å². The molecule has 2 heterocycles. The summed E-state index contributed by atoms with van der Waals surface area (Å²) in [5.74, 6) is 0.0943. The van der Waals surface area contributed by atoms with Crippen LogP contribution < -0.4 is 19.6 Å². The van der Waals surface area contributed by atoms with Gasteiger partial charge in [-0.25, -0.2) is 9.79 Å². The molecule has 198 valence electrons. The van der Waals surface area contributed by atoms with Gasteiger partial charge in [0.2, 0.25) is 0 Å². The van der Waals surface area contributed by atoms with Crippen LogP contribution in [0.5, 0.6) is 5.75 Å². The van der Waals surface area contributed by atoms with Crippen LogP contribution in [0.3, 0.4) is 0 Å². The number of nitrogens with zero attached hydrogens (tertiary/aromatic N) is 2. The van der Waals surface area contributed by atoms with Crippen LogP contribution in [0, 0.1) is 0 Å². The van der Waals surface area contributed by atoms with E-state index >= 15 is 0 Å². The van der Waals surface area contributed by atoms with Crippen molar-refractivity contribution in [1.29, 1.82) is 0 Å². The molecular weight excluding hydrogens is 555 g/mol. The summed E-state index contributed by atoms with van der Waals surface area (Å²) < 4.78 is 13.3. The monoisotopic (exact) mass is 578 g/mol. The molecule has 0 bridgehead atoms. The number of ether oxygens (including phenoxy) is 2. The lowest BCUT2D eigenvalue weighted by Gasteiger charge is -2.25. The fraction of sp³-hybridized carbons (Fsp3) is 0.167. The topological polar surface area (TPSA) is 69.9 Å². The summed E-state index contributed by atoms with van der Waals surface area (Å²) in [4.78, 5) is 32.0. The van der Waals surface area contributed by atoms with E-state index in [1.807, 2.05) is 67.6 Å². The molecule has 1 aliphatic rings. The van der Waals surface area contributed by atoms with Gasteiger partial charge in [0.15, 0.2) is 4.80 Å². The Bertz CT molecular complexity index is 1760. The average molecular weight is 580 g/mol. The molecule has 1 atom stereocenters. The summed E-state index contributed by atoms with van der Waals surface area (Å²) in [6.45, 7) is 2.16. The molecule has 9 heteroatoms. The zero-order valence-electron chi connectivity index (χ0n) is 21.2. The second kappa shape index (κ2) is 11.6. The molecule has 1 aliphatic heterocycles. The van der Waals surface area contributed by atoms with Crippen LogP contribution >= 0.6 is 34.5 Å². The van der Waals surface area contributed by atoms with Crippen molar-refractivity contribution < 1.29 is 14.3 Å². The van der Waals surface area contributed by atoms with Gasteiger partial charge in [0.1, 0.15) is 12.4 Å². The molecule has 0 spiro atoms. The number of thiazole rings is 1. The number of carbonyl (C=O) groups excluding carboxylic acids is 1. The van der Waals surface area contributed by atoms with Gasteiger partial charge in [0.25, 0.3) is 5.56 Å². The number of allylic oxidation sites excluding steroid dienone is 1. The summed E-state index contributed by atoms with van der Waals surface area (Å²) in [6, 6.07) is 21.5. The first kappa shape index (κ1) is 26.9. The predicted octanol–water partition coefficient (Wildman–Crippen LogP) is 5.68. The minimum Gasteiger partial charge on any atom is -0.488 e. The van der Waals surface area contributed by atoms with Crippen LogP contribution in [-0.4, -0.2) is 17.6 Å².